The van der Waals surface area contributed by atoms with Gasteiger partial charge in [-0.3, -0.25) is 3.11 Å². The average molecular weight is 449 g/mol. The molecule has 0 saturated carbocycles. The van der Waals surface area contributed by atoms with Gasteiger partial charge in [0.2, 0.25) is 0 Å². The van der Waals surface area contributed by atoms with Crippen molar-refractivity contribution < 1.29 is 0 Å². The predicted octanol–water partition coefficient (Wildman–Crippen LogP) is 7.36. The molecule has 4 rings (SSSR count). The van der Waals surface area contributed by atoms with Gasteiger partial charge >= 0.3 is 0 Å². The van der Waals surface area contributed by atoms with Gasteiger partial charge in [-0.05, 0) is 52.8 Å². The van der Waals surface area contributed by atoms with E-state index in [1.165, 1.54) is 39.1 Å². The van der Waals surface area contributed by atoms with Crippen molar-refractivity contribution in [2.75, 3.05) is 3.11 Å². The number of hydrogen-bond donors (Lipinski definition) is 0. The summed E-state index contributed by atoms with van der Waals surface area (Å²) in [6, 6.07) is 27.8. The fraction of sp³-hybridized carbons (Fsp3) is 0.0833. The summed E-state index contributed by atoms with van der Waals surface area (Å²) < 4.78 is 2.20. The monoisotopic (exact) mass is 449 g/mol. The molecule has 1 heterocycles. The van der Waals surface area contributed by atoms with Crippen LogP contribution in [0.4, 0.5) is 5.69 Å². The maximum Gasteiger partial charge on any atom is 0.0640 e. The molecule has 0 amide bonds. The fourth-order valence-electron chi connectivity index (χ4n) is 3.38. The summed E-state index contributed by atoms with van der Waals surface area (Å²) in [6.07, 6.45) is 4.22. The van der Waals surface area contributed by atoms with E-state index in [2.05, 4.69) is 118 Å². The minimum atomic E-state index is 0.969. The number of benzene rings is 3. The van der Waals surface area contributed by atoms with E-state index < -0.39 is 0 Å². The minimum absolute atomic E-state index is 0.969. The van der Waals surface area contributed by atoms with Crippen molar-refractivity contribution in [3.63, 3.8) is 0 Å². The molecule has 0 radical (unpaired) electrons. The van der Waals surface area contributed by atoms with Crippen molar-refractivity contribution in [2.24, 2.45) is 0 Å². The van der Waals surface area contributed by atoms with E-state index in [1.807, 2.05) is 0 Å². The Morgan fingerprint density at radius 1 is 0.731 bits per heavy atom. The Balaban J connectivity index is 1.76. The van der Waals surface area contributed by atoms with Crippen molar-refractivity contribution in [3.8, 4) is 11.1 Å². The summed E-state index contributed by atoms with van der Waals surface area (Å²) >= 11 is 2.38. The second-order valence-electron chi connectivity index (χ2n) is 6.53. The third kappa shape index (κ3) is 3.47. The topological polar surface area (TPSA) is 3.24 Å². The van der Waals surface area contributed by atoms with Crippen LogP contribution in [-0.4, -0.2) is 0 Å². The first-order chi connectivity index (χ1) is 12.7. The van der Waals surface area contributed by atoms with E-state index in [1.54, 1.807) is 0 Å². The minimum Gasteiger partial charge on any atom is -0.289 e. The maximum absolute atomic E-state index is 4.40. The van der Waals surface area contributed by atoms with Gasteiger partial charge in [0, 0.05) is 11.8 Å². The van der Waals surface area contributed by atoms with Gasteiger partial charge < -0.3 is 0 Å². The van der Waals surface area contributed by atoms with Gasteiger partial charge in [0.05, 0.1) is 28.6 Å². The van der Waals surface area contributed by atoms with E-state index in [0.717, 1.165) is 12.8 Å². The van der Waals surface area contributed by atoms with Gasteiger partial charge in [0.1, 0.15) is 0 Å². The number of fused-ring (bicyclic) bond motifs is 1. The van der Waals surface area contributed by atoms with Crippen LogP contribution in [0.25, 0.3) is 22.3 Å². The largest absolute Gasteiger partial charge is 0.289 e. The lowest BCUT2D eigenvalue weighted by molar-refractivity contribution is 1.07. The molecule has 128 valence electrons. The van der Waals surface area contributed by atoms with Gasteiger partial charge in [-0.25, -0.2) is 0 Å². The normalized spacial score (nSPS) is 14.3. The molecule has 2 heteroatoms. The van der Waals surface area contributed by atoms with E-state index >= 15 is 0 Å². The molecule has 0 bridgehead atoms. The van der Waals surface area contributed by atoms with Crippen LogP contribution >= 0.6 is 22.9 Å². The lowest BCUT2D eigenvalue weighted by Crippen LogP contribution is -2.07. The van der Waals surface area contributed by atoms with Gasteiger partial charge in [0.15, 0.2) is 0 Å². The second-order valence-corrected chi connectivity index (χ2v) is 7.57. The molecule has 3 aromatic rings. The summed E-state index contributed by atoms with van der Waals surface area (Å²) in [4.78, 5) is 0. The maximum atomic E-state index is 4.40. The van der Waals surface area contributed by atoms with E-state index in [4.69, 9.17) is 0 Å². The summed E-state index contributed by atoms with van der Waals surface area (Å²) in [5.41, 5.74) is 8.74. The lowest BCUT2D eigenvalue weighted by atomic mass is 9.92. The van der Waals surface area contributed by atoms with Crippen molar-refractivity contribution >= 4 is 39.7 Å². The first kappa shape index (κ1) is 17.1. The third-order valence-corrected chi connectivity index (χ3v) is 5.62. The van der Waals surface area contributed by atoms with Crippen LogP contribution in [-0.2, 0) is 0 Å². The summed E-state index contributed by atoms with van der Waals surface area (Å²) in [7, 11) is 0. The van der Waals surface area contributed by atoms with E-state index in [9.17, 15) is 0 Å². The van der Waals surface area contributed by atoms with Crippen LogP contribution in [0.5, 0.6) is 0 Å². The molecule has 1 aliphatic heterocycles. The first-order valence-electron chi connectivity index (χ1n) is 8.81. The quantitative estimate of drug-likeness (QED) is 0.292. The average Bonchev–Trinajstić information content (AvgIpc) is 2.70. The molecule has 0 fully saturated rings. The zero-order valence-electron chi connectivity index (χ0n) is 14.5. The predicted molar refractivity (Wildman–Crippen MR) is 121 cm³/mol. The number of nitrogens with zero attached hydrogens (tertiary/aromatic N) is 1. The Morgan fingerprint density at radius 3 is 2.08 bits per heavy atom. The standard InChI is InChI=1S/C24H20IN/c1-18-12-13-22(20-10-6-3-7-11-20)17-26(25)24-15-14-21(16-23(18)24)19-8-4-2-5-9-19/h2-11,14-17H,1,12-13H2. The van der Waals surface area contributed by atoms with Gasteiger partial charge in [-0.1, -0.05) is 73.3 Å². The molecular formula is C24H20IN. The van der Waals surface area contributed by atoms with Crippen LogP contribution in [0.3, 0.4) is 0 Å². The van der Waals surface area contributed by atoms with Crippen molar-refractivity contribution in [1.82, 2.24) is 0 Å². The molecule has 0 aromatic heterocycles. The Morgan fingerprint density at radius 2 is 1.38 bits per heavy atom. The smallest absolute Gasteiger partial charge is 0.0640 e. The Hall–Kier alpha value is -2.33. The zero-order chi connectivity index (χ0) is 17.9. The molecule has 0 saturated heterocycles. The molecule has 0 unspecified atom stereocenters. The Kier molecular flexibility index (Phi) is 4.93. The van der Waals surface area contributed by atoms with Gasteiger partial charge in [0.25, 0.3) is 0 Å². The van der Waals surface area contributed by atoms with Crippen LogP contribution in [0.15, 0.2) is 91.6 Å². The number of allylic oxidation sites excluding steroid dienone is 2. The molecule has 0 aliphatic carbocycles. The first-order valence-corrected chi connectivity index (χ1v) is 9.77. The summed E-state index contributed by atoms with van der Waals surface area (Å²) in [5, 5.41) is 0. The molecule has 1 aliphatic rings. The Bertz CT molecular complexity index is 958. The summed E-state index contributed by atoms with van der Waals surface area (Å²) in [5.74, 6) is 0. The van der Waals surface area contributed by atoms with Crippen LogP contribution in [0.1, 0.15) is 24.0 Å². The van der Waals surface area contributed by atoms with Gasteiger partial charge in [-0.15, -0.1) is 0 Å². The van der Waals surface area contributed by atoms with Crippen LogP contribution in [0.2, 0.25) is 0 Å². The lowest BCUT2D eigenvalue weighted by Gasteiger charge is -2.24. The van der Waals surface area contributed by atoms with E-state index in [0.29, 0.717) is 0 Å². The van der Waals surface area contributed by atoms with E-state index in [-0.39, 0.29) is 0 Å². The number of rotatable bonds is 2. The zero-order valence-corrected chi connectivity index (χ0v) is 16.7. The molecule has 0 spiro atoms. The summed E-state index contributed by atoms with van der Waals surface area (Å²) in [6.45, 7) is 4.40. The van der Waals surface area contributed by atoms with Crippen molar-refractivity contribution in [2.45, 2.75) is 12.8 Å². The second kappa shape index (κ2) is 7.50. The van der Waals surface area contributed by atoms with Crippen LogP contribution < -0.4 is 3.11 Å². The molecule has 0 N–H and O–H groups in total. The Labute approximate surface area is 169 Å². The molecular weight excluding hydrogens is 429 g/mol. The van der Waals surface area contributed by atoms with Crippen LogP contribution in [0, 0.1) is 0 Å². The number of hydrogen-bond acceptors (Lipinski definition) is 1. The SMILES string of the molecule is C=C1CCC(c2ccccc2)=CN(I)c2ccc(-c3ccccc3)cc21. The molecule has 26 heavy (non-hydrogen) atoms. The fourth-order valence-corrected chi connectivity index (χ4v) is 4.13. The highest BCUT2D eigenvalue weighted by Crippen LogP contribution is 2.39. The molecule has 0 atom stereocenters. The van der Waals surface area contributed by atoms with Crippen molar-refractivity contribution in [3.05, 3.63) is 103 Å². The molecule has 1 nitrogen and oxygen atoms in total. The highest BCUT2D eigenvalue weighted by atomic mass is 127. The van der Waals surface area contributed by atoms with Gasteiger partial charge in [-0.2, -0.15) is 0 Å². The highest BCUT2D eigenvalue weighted by Gasteiger charge is 2.17. The molecule has 3 aromatic carbocycles. The number of anilines is 1. The third-order valence-electron chi connectivity index (χ3n) is 4.82. The van der Waals surface area contributed by atoms with Crippen molar-refractivity contribution in [1.29, 1.82) is 0 Å². The number of halogens is 1. The highest BCUT2D eigenvalue weighted by molar-refractivity contribution is 14.1.